The summed E-state index contributed by atoms with van der Waals surface area (Å²) in [7, 11) is 1.96. The molecule has 1 fully saturated rings. The van der Waals surface area contributed by atoms with Crippen molar-refractivity contribution in [3.05, 3.63) is 48.4 Å². The number of pyridine rings is 1. The van der Waals surface area contributed by atoms with E-state index in [0.29, 0.717) is 0 Å². The van der Waals surface area contributed by atoms with Gasteiger partial charge in [0.1, 0.15) is 5.65 Å². The minimum atomic E-state index is 0.845. The smallest absolute Gasteiger partial charge is 0.138 e. The zero-order chi connectivity index (χ0) is 16.1. The maximum atomic E-state index is 4.84. The lowest BCUT2D eigenvalue weighted by molar-refractivity contribution is 0.312. The summed E-state index contributed by atoms with van der Waals surface area (Å²) in [5, 5.41) is 6.80. The third-order valence-corrected chi connectivity index (χ3v) is 5.25. The second-order valence-electron chi connectivity index (χ2n) is 6.98. The van der Waals surface area contributed by atoms with Gasteiger partial charge in [0.2, 0.25) is 0 Å². The molecule has 0 atom stereocenters. The summed E-state index contributed by atoms with van der Waals surface area (Å²) in [6.45, 7) is 0. The Morgan fingerprint density at radius 2 is 2.12 bits per heavy atom. The summed E-state index contributed by atoms with van der Waals surface area (Å²) < 4.78 is 1.86. The highest BCUT2D eigenvalue weighted by Gasteiger charge is 2.18. The highest BCUT2D eigenvalue weighted by molar-refractivity contribution is 5.96. The van der Waals surface area contributed by atoms with E-state index >= 15 is 0 Å². The van der Waals surface area contributed by atoms with Crippen molar-refractivity contribution in [1.82, 2.24) is 19.7 Å². The Labute approximate surface area is 140 Å². The van der Waals surface area contributed by atoms with Crippen molar-refractivity contribution in [2.45, 2.75) is 25.7 Å². The number of aryl methyl sites for hydroxylation is 1. The van der Waals surface area contributed by atoms with Crippen LogP contribution in [0.4, 0.5) is 0 Å². The Bertz CT molecular complexity index is 1040. The highest BCUT2D eigenvalue weighted by Crippen LogP contribution is 2.32. The van der Waals surface area contributed by atoms with Crippen LogP contribution in [0.5, 0.6) is 0 Å². The van der Waals surface area contributed by atoms with Gasteiger partial charge in [-0.15, -0.1) is 0 Å². The van der Waals surface area contributed by atoms with E-state index in [2.05, 4.69) is 52.8 Å². The molecule has 4 nitrogen and oxygen atoms in total. The fraction of sp³-hybridized carbons (Fsp3) is 0.300. The number of hydrogen-bond donors (Lipinski definition) is 1. The molecule has 4 aromatic rings. The van der Waals surface area contributed by atoms with Crippen LogP contribution in [0.1, 0.15) is 25.0 Å². The fourth-order valence-corrected chi connectivity index (χ4v) is 3.71. The van der Waals surface area contributed by atoms with Gasteiger partial charge in [0, 0.05) is 41.5 Å². The van der Waals surface area contributed by atoms with Gasteiger partial charge in [-0.05, 0) is 42.2 Å². The SMILES string of the molecule is Cn1cc2cc(-c3c[nH]c4nc(CC5CCC5)ccc34)ccc2n1. The lowest BCUT2D eigenvalue weighted by Crippen LogP contribution is -2.14. The van der Waals surface area contributed by atoms with Crippen molar-refractivity contribution >= 4 is 21.9 Å². The number of hydrogen-bond acceptors (Lipinski definition) is 2. The molecule has 1 aromatic carbocycles. The van der Waals surface area contributed by atoms with Crippen LogP contribution in [0.15, 0.2) is 42.7 Å². The lowest BCUT2D eigenvalue weighted by Gasteiger charge is -2.24. The van der Waals surface area contributed by atoms with Crippen molar-refractivity contribution in [3.63, 3.8) is 0 Å². The van der Waals surface area contributed by atoms with E-state index in [1.807, 2.05) is 11.7 Å². The third kappa shape index (κ3) is 2.21. The number of aromatic amines is 1. The van der Waals surface area contributed by atoms with Gasteiger partial charge in [-0.1, -0.05) is 25.3 Å². The number of H-pyrrole nitrogens is 1. The van der Waals surface area contributed by atoms with Gasteiger partial charge >= 0.3 is 0 Å². The van der Waals surface area contributed by atoms with Gasteiger partial charge in [0.15, 0.2) is 0 Å². The Morgan fingerprint density at radius 1 is 1.21 bits per heavy atom. The van der Waals surface area contributed by atoms with Crippen molar-refractivity contribution in [2.75, 3.05) is 0 Å². The number of nitrogens with one attached hydrogen (secondary N) is 1. The molecule has 1 saturated carbocycles. The van der Waals surface area contributed by atoms with Gasteiger partial charge in [0.05, 0.1) is 5.52 Å². The molecule has 1 N–H and O–H groups in total. The summed E-state index contributed by atoms with van der Waals surface area (Å²) in [6, 6.07) is 10.8. The van der Waals surface area contributed by atoms with Crippen molar-refractivity contribution in [1.29, 1.82) is 0 Å². The molecular formula is C20H20N4. The molecule has 4 heteroatoms. The van der Waals surface area contributed by atoms with Crippen molar-refractivity contribution < 1.29 is 0 Å². The first-order valence-corrected chi connectivity index (χ1v) is 8.67. The molecule has 0 bridgehead atoms. The quantitative estimate of drug-likeness (QED) is 0.606. The molecule has 5 rings (SSSR count). The van der Waals surface area contributed by atoms with Gasteiger partial charge in [0.25, 0.3) is 0 Å². The maximum absolute atomic E-state index is 4.84. The van der Waals surface area contributed by atoms with Crippen molar-refractivity contribution in [3.8, 4) is 11.1 Å². The number of aromatic nitrogens is 4. The first kappa shape index (κ1) is 13.8. The Morgan fingerprint density at radius 3 is 2.96 bits per heavy atom. The topological polar surface area (TPSA) is 46.5 Å². The van der Waals surface area contributed by atoms with Crippen LogP contribution < -0.4 is 0 Å². The molecule has 1 aliphatic carbocycles. The maximum Gasteiger partial charge on any atom is 0.138 e. The molecule has 1 aliphatic rings. The van der Waals surface area contributed by atoms with Crippen LogP contribution in [0, 0.1) is 5.92 Å². The summed E-state index contributed by atoms with van der Waals surface area (Å²) >= 11 is 0. The summed E-state index contributed by atoms with van der Waals surface area (Å²) in [5.74, 6) is 0.845. The highest BCUT2D eigenvalue weighted by atomic mass is 15.2. The molecule has 0 spiro atoms. The first-order chi connectivity index (χ1) is 11.8. The second-order valence-corrected chi connectivity index (χ2v) is 6.98. The fourth-order valence-electron chi connectivity index (χ4n) is 3.71. The zero-order valence-electron chi connectivity index (χ0n) is 13.8. The lowest BCUT2D eigenvalue weighted by atomic mass is 9.82. The van der Waals surface area contributed by atoms with Gasteiger partial charge in [-0.2, -0.15) is 5.10 Å². The van der Waals surface area contributed by atoms with E-state index in [-0.39, 0.29) is 0 Å². The first-order valence-electron chi connectivity index (χ1n) is 8.67. The standard InChI is InChI=1S/C20H20N4/c1-24-12-15-10-14(5-8-19(15)23-24)18-11-21-20-17(18)7-6-16(22-20)9-13-3-2-4-13/h5-8,10-13H,2-4,9H2,1H3,(H,21,22). The van der Waals surface area contributed by atoms with E-state index in [1.54, 1.807) is 0 Å². The van der Waals surface area contributed by atoms with Crippen molar-refractivity contribution in [2.24, 2.45) is 13.0 Å². The van der Waals surface area contributed by atoms with Crippen LogP contribution in [0.3, 0.4) is 0 Å². The molecule has 24 heavy (non-hydrogen) atoms. The minimum Gasteiger partial charge on any atom is -0.346 e. The van der Waals surface area contributed by atoms with E-state index in [9.17, 15) is 0 Å². The third-order valence-electron chi connectivity index (χ3n) is 5.25. The molecular weight excluding hydrogens is 296 g/mol. The summed E-state index contributed by atoms with van der Waals surface area (Å²) in [5.41, 5.74) is 5.65. The van der Waals surface area contributed by atoms with Crippen LogP contribution in [0.25, 0.3) is 33.1 Å². The largest absolute Gasteiger partial charge is 0.346 e. The molecule has 3 heterocycles. The minimum absolute atomic E-state index is 0.845. The number of benzene rings is 1. The van der Waals surface area contributed by atoms with E-state index in [4.69, 9.17) is 4.98 Å². The van der Waals surface area contributed by atoms with Crippen LogP contribution >= 0.6 is 0 Å². The number of fused-ring (bicyclic) bond motifs is 2. The van der Waals surface area contributed by atoms with E-state index in [1.165, 1.54) is 46.9 Å². The molecule has 3 aromatic heterocycles. The predicted molar refractivity (Wildman–Crippen MR) is 96.8 cm³/mol. The van der Waals surface area contributed by atoms with Crippen LogP contribution in [-0.2, 0) is 13.5 Å². The average molecular weight is 316 g/mol. The normalized spacial score (nSPS) is 15.2. The van der Waals surface area contributed by atoms with Gasteiger partial charge in [-0.3, -0.25) is 4.68 Å². The van der Waals surface area contributed by atoms with E-state index < -0.39 is 0 Å². The number of nitrogens with zero attached hydrogens (tertiary/aromatic N) is 3. The van der Waals surface area contributed by atoms with E-state index in [0.717, 1.165) is 23.5 Å². The predicted octanol–water partition coefficient (Wildman–Crippen LogP) is 4.46. The Hall–Kier alpha value is -2.62. The van der Waals surface area contributed by atoms with Gasteiger partial charge in [-0.25, -0.2) is 4.98 Å². The Balaban J connectivity index is 1.55. The second kappa shape index (κ2) is 5.20. The average Bonchev–Trinajstić information content (AvgIpc) is 3.11. The summed E-state index contributed by atoms with van der Waals surface area (Å²) in [6.07, 6.45) is 9.36. The molecule has 120 valence electrons. The molecule has 0 unspecified atom stereocenters. The zero-order valence-corrected chi connectivity index (χ0v) is 13.8. The molecule has 0 aliphatic heterocycles. The Kier molecular flexibility index (Phi) is 2.98. The van der Waals surface area contributed by atoms with Crippen LogP contribution in [0.2, 0.25) is 0 Å². The molecule has 0 saturated heterocycles. The monoisotopic (exact) mass is 316 g/mol. The number of rotatable bonds is 3. The van der Waals surface area contributed by atoms with Gasteiger partial charge < -0.3 is 4.98 Å². The summed E-state index contributed by atoms with van der Waals surface area (Å²) in [4.78, 5) is 8.20. The molecule has 0 radical (unpaired) electrons. The van der Waals surface area contributed by atoms with Crippen LogP contribution in [-0.4, -0.2) is 19.7 Å². The molecule has 0 amide bonds.